The summed E-state index contributed by atoms with van der Waals surface area (Å²) in [6.07, 6.45) is 0. The molecule has 1 unspecified atom stereocenters. The minimum atomic E-state index is -0.219. The van der Waals surface area contributed by atoms with E-state index in [1.54, 1.807) is 0 Å². The number of anilines is 1. The highest BCUT2D eigenvalue weighted by atomic mass is 16.2. The van der Waals surface area contributed by atoms with Crippen molar-refractivity contribution in [3.05, 3.63) is 64.7 Å². The highest BCUT2D eigenvalue weighted by Gasteiger charge is 2.13. The number of rotatable bonds is 8. The average Bonchev–Trinajstić information content (AvgIpc) is 2.64. The van der Waals surface area contributed by atoms with E-state index < -0.39 is 0 Å². The standard InChI is InChI=1S/C23H31N3O2/c1-16(2)20-11-9-19(10-12-20)14-26(5)15-23(28)24-13-22(27)25-21-8-6-7-17(3)18(21)4/h6-12,16H,13-15H2,1-5H3,(H,24,28)(H,25,27)/p+1. The molecule has 1 atom stereocenters. The Labute approximate surface area is 168 Å². The van der Waals surface area contributed by atoms with Gasteiger partial charge >= 0.3 is 0 Å². The fourth-order valence-corrected chi connectivity index (χ4v) is 3.03. The summed E-state index contributed by atoms with van der Waals surface area (Å²) in [4.78, 5) is 25.3. The van der Waals surface area contributed by atoms with E-state index >= 15 is 0 Å². The molecule has 0 radical (unpaired) electrons. The molecule has 0 aromatic heterocycles. The number of likely N-dealkylation sites (N-methyl/N-ethyl adjacent to an activating group) is 1. The predicted molar refractivity (Wildman–Crippen MR) is 114 cm³/mol. The number of aryl methyl sites for hydroxylation is 1. The fourth-order valence-electron chi connectivity index (χ4n) is 3.03. The van der Waals surface area contributed by atoms with E-state index in [0.29, 0.717) is 12.5 Å². The molecule has 3 N–H and O–H groups in total. The van der Waals surface area contributed by atoms with E-state index in [0.717, 1.165) is 28.3 Å². The molecule has 2 amide bonds. The third kappa shape index (κ3) is 6.50. The molecule has 0 saturated heterocycles. The van der Waals surface area contributed by atoms with Gasteiger partial charge in [0.25, 0.3) is 5.91 Å². The molecule has 0 aliphatic carbocycles. The second-order valence-electron chi connectivity index (χ2n) is 7.78. The predicted octanol–water partition coefficient (Wildman–Crippen LogP) is 2.20. The zero-order valence-electron chi connectivity index (χ0n) is 17.6. The summed E-state index contributed by atoms with van der Waals surface area (Å²) in [6, 6.07) is 14.3. The van der Waals surface area contributed by atoms with Gasteiger partial charge in [0.05, 0.1) is 13.6 Å². The fraction of sp³-hybridized carbons (Fsp3) is 0.391. The Hall–Kier alpha value is -2.66. The average molecular weight is 383 g/mol. The molecule has 0 aliphatic heterocycles. The van der Waals surface area contributed by atoms with Crippen LogP contribution in [0, 0.1) is 13.8 Å². The second-order valence-corrected chi connectivity index (χ2v) is 7.78. The largest absolute Gasteiger partial charge is 0.342 e. The quantitative estimate of drug-likeness (QED) is 0.655. The van der Waals surface area contributed by atoms with Gasteiger partial charge in [-0.05, 0) is 42.5 Å². The van der Waals surface area contributed by atoms with Crippen molar-refractivity contribution < 1.29 is 14.5 Å². The number of amides is 2. The van der Waals surface area contributed by atoms with Crippen LogP contribution in [0.3, 0.4) is 0 Å². The molecule has 0 spiro atoms. The molecule has 28 heavy (non-hydrogen) atoms. The zero-order chi connectivity index (χ0) is 20.7. The molecule has 5 heteroatoms. The van der Waals surface area contributed by atoms with Crippen LogP contribution in [-0.2, 0) is 16.1 Å². The van der Waals surface area contributed by atoms with Gasteiger partial charge in [0, 0.05) is 11.3 Å². The Morgan fingerprint density at radius 3 is 2.32 bits per heavy atom. The summed E-state index contributed by atoms with van der Waals surface area (Å²) in [7, 11) is 1.98. The SMILES string of the molecule is Cc1cccc(NC(=O)CNC(=O)C[NH+](C)Cc2ccc(C(C)C)cc2)c1C. The first-order valence-electron chi connectivity index (χ1n) is 9.79. The number of nitrogens with one attached hydrogen (secondary N) is 3. The normalized spacial score (nSPS) is 11.9. The van der Waals surface area contributed by atoms with Crippen molar-refractivity contribution in [3.8, 4) is 0 Å². The summed E-state index contributed by atoms with van der Waals surface area (Å²) < 4.78 is 0. The zero-order valence-corrected chi connectivity index (χ0v) is 17.6. The Morgan fingerprint density at radius 2 is 1.68 bits per heavy atom. The summed E-state index contributed by atoms with van der Waals surface area (Å²) in [5.74, 6) is 0.163. The van der Waals surface area contributed by atoms with E-state index in [1.807, 2.05) is 39.1 Å². The van der Waals surface area contributed by atoms with Gasteiger partial charge in [-0.2, -0.15) is 0 Å². The van der Waals surface area contributed by atoms with Crippen LogP contribution in [0.4, 0.5) is 5.69 Å². The summed E-state index contributed by atoms with van der Waals surface area (Å²) >= 11 is 0. The maximum absolute atomic E-state index is 12.2. The van der Waals surface area contributed by atoms with Crippen molar-refractivity contribution in [2.24, 2.45) is 0 Å². The highest BCUT2D eigenvalue weighted by molar-refractivity contribution is 5.95. The maximum Gasteiger partial charge on any atom is 0.275 e. The second kappa shape index (κ2) is 10.0. The van der Waals surface area contributed by atoms with Crippen LogP contribution in [0.2, 0.25) is 0 Å². The molecular weight excluding hydrogens is 350 g/mol. The number of carbonyl (C=O) groups is 2. The molecule has 0 aliphatic rings. The van der Waals surface area contributed by atoms with Crippen LogP contribution in [0.5, 0.6) is 0 Å². The van der Waals surface area contributed by atoms with Crippen molar-refractivity contribution in [2.45, 2.75) is 40.2 Å². The Morgan fingerprint density at radius 1 is 1.00 bits per heavy atom. The third-order valence-electron chi connectivity index (χ3n) is 4.94. The van der Waals surface area contributed by atoms with Crippen molar-refractivity contribution in [1.82, 2.24) is 5.32 Å². The first-order valence-corrected chi connectivity index (χ1v) is 9.79. The van der Waals surface area contributed by atoms with E-state index in [2.05, 4.69) is 48.7 Å². The Balaban J connectivity index is 1.76. The summed E-state index contributed by atoms with van der Waals surface area (Å²) in [5, 5.41) is 5.56. The van der Waals surface area contributed by atoms with Gasteiger partial charge in [0.1, 0.15) is 6.54 Å². The lowest BCUT2D eigenvalue weighted by Gasteiger charge is -2.15. The molecule has 2 aromatic rings. The first-order chi connectivity index (χ1) is 13.3. The van der Waals surface area contributed by atoms with Gasteiger partial charge in [-0.15, -0.1) is 0 Å². The number of benzene rings is 2. The lowest BCUT2D eigenvalue weighted by molar-refractivity contribution is -0.885. The van der Waals surface area contributed by atoms with Crippen LogP contribution in [-0.4, -0.2) is 32.0 Å². The lowest BCUT2D eigenvalue weighted by atomic mass is 10.0. The van der Waals surface area contributed by atoms with E-state index in [9.17, 15) is 9.59 Å². The van der Waals surface area contributed by atoms with E-state index in [-0.39, 0.29) is 18.4 Å². The Kier molecular flexibility index (Phi) is 7.76. The topological polar surface area (TPSA) is 62.6 Å². The van der Waals surface area contributed by atoms with Crippen molar-refractivity contribution >= 4 is 17.5 Å². The first kappa shape index (κ1) is 21.6. The van der Waals surface area contributed by atoms with Crippen molar-refractivity contribution in [2.75, 3.05) is 25.5 Å². The number of hydrogen-bond acceptors (Lipinski definition) is 2. The molecule has 0 saturated carbocycles. The molecule has 2 aromatic carbocycles. The minimum absolute atomic E-state index is 0.0252. The molecule has 150 valence electrons. The Bertz CT molecular complexity index is 813. The maximum atomic E-state index is 12.2. The molecule has 5 nitrogen and oxygen atoms in total. The van der Waals surface area contributed by atoms with Crippen molar-refractivity contribution in [1.29, 1.82) is 0 Å². The number of quaternary nitrogens is 1. The number of hydrogen-bond donors (Lipinski definition) is 3. The van der Waals surface area contributed by atoms with Crippen LogP contribution < -0.4 is 15.5 Å². The van der Waals surface area contributed by atoms with Crippen molar-refractivity contribution in [3.63, 3.8) is 0 Å². The molecule has 0 bridgehead atoms. The van der Waals surface area contributed by atoms with Crippen LogP contribution in [0.15, 0.2) is 42.5 Å². The van der Waals surface area contributed by atoms with Gasteiger partial charge in [-0.25, -0.2) is 0 Å². The smallest absolute Gasteiger partial charge is 0.275 e. The van der Waals surface area contributed by atoms with E-state index in [1.165, 1.54) is 11.1 Å². The van der Waals surface area contributed by atoms with Crippen LogP contribution in [0.25, 0.3) is 0 Å². The molecule has 0 heterocycles. The van der Waals surface area contributed by atoms with Gasteiger partial charge in [0.15, 0.2) is 6.54 Å². The minimum Gasteiger partial charge on any atom is -0.342 e. The third-order valence-corrected chi connectivity index (χ3v) is 4.94. The van der Waals surface area contributed by atoms with Crippen LogP contribution >= 0.6 is 0 Å². The highest BCUT2D eigenvalue weighted by Crippen LogP contribution is 2.17. The van der Waals surface area contributed by atoms with E-state index in [4.69, 9.17) is 0 Å². The van der Waals surface area contributed by atoms with Gasteiger partial charge in [0.2, 0.25) is 5.91 Å². The molecular formula is C23H32N3O2+. The van der Waals surface area contributed by atoms with Gasteiger partial charge in [-0.1, -0.05) is 50.2 Å². The van der Waals surface area contributed by atoms with Gasteiger partial charge < -0.3 is 15.5 Å². The summed E-state index contributed by atoms with van der Waals surface area (Å²) in [5.41, 5.74) is 5.45. The monoisotopic (exact) mass is 382 g/mol. The van der Waals surface area contributed by atoms with Crippen LogP contribution in [0.1, 0.15) is 42.0 Å². The molecule has 0 fully saturated rings. The summed E-state index contributed by atoms with van der Waals surface area (Å²) in [6.45, 7) is 9.38. The number of carbonyl (C=O) groups excluding carboxylic acids is 2. The molecule has 2 rings (SSSR count). The lowest BCUT2D eigenvalue weighted by Crippen LogP contribution is -3.08. The van der Waals surface area contributed by atoms with Gasteiger partial charge in [-0.3, -0.25) is 9.59 Å².